The summed E-state index contributed by atoms with van der Waals surface area (Å²) in [6.07, 6.45) is 10.1. The van der Waals surface area contributed by atoms with Gasteiger partial charge >= 0.3 is 0 Å². The van der Waals surface area contributed by atoms with Gasteiger partial charge in [0, 0.05) is 28.4 Å². The lowest BCUT2D eigenvalue weighted by molar-refractivity contribution is -0.0332. The van der Waals surface area contributed by atoms with E-state index in [9.17, 15) is 9.50 Å². The van der Waals surface area contributed by atoms with Gasteiger partial charge in [-0.15, -0.1) is 0 Å². The summed E-state index contributed by atoms with van der Waals surface area (Å²) in [6.45, 7) is 1.98. The molecule has 0 amide bonds. The Hall–Kier alpha value is -3.12. The molecule has 174 valence electrons. The average molecular weight is 457 g/mol. The molecule has 0 bridgehead atoms. The number of aryl methyl sites for hydroxylation is 1. The number of aliphatic hydroxyl groups is 1. The third-order valence-electron chi connectivity index (χ3n) is 8.00. The lowest BCUT2D eigenvalue weighted by Crippen LogP contribution is -2.48. The van der Waals surface area contributed by atoms with Crippen LogP contribution in [0.5, 0.6) is 0 Å². The molecule has 4 aromatic rings. The van der Waals surface area contributed by atoms with Crippen molar-refractivity contribution in [2.45, 2.75) is 62.9 Å². The zero-order valence-electron chi connectivity index (χ0n) is 19.4. The van der Waals surface area contributed by atoms with E-state index in [0.29, 0.717) is 5.92 Å². The monoisotopic (exact) mass is 456 g/mol. The fourth-order valence-electron chi connectivity index (χ4n) is 6.32. The van der Waals surface area contributed by atoms with E-state index in [4.69, 9.17) is 4.98 Å². The van der Waals surface area contributed by atoms with Gasteiger partial charge < -0.3 is 5.11 Å². The zero-order chi connectivity index (χ0) is 23.3. The maximum absolute atomic E-state index is 13.5. The van der Waals surface area contributed by atoms with Gasteiger partial charge in [-0.3, -0.25) is 4.98 Å². The van der Waals surface area contributed by atoms with E-state index in [1.807, 2.05) is 25.4 Å². The van der Waals surface area contributed by atoms with Crippen molar-refractivity contribution in [3.63, 3.8) is 0 Å². The van der Waals surface area contributed by atoms with Gasteiger partial charge in [-0.05, 0) is 106 Å². The molecule has 2 aliphatic carbocycles. The highest BCUT2D eigenvalue weighted by Gasteiger charge is 2.50. The third kappa shape index (κ3) is 3.61. The first-order chi connectivity index (χ1) is 16.4. The third-order valence-corrected chi connectivity index (χ3v) is 8.00. The highest BCUT2D eigenvalue weighted by molar-refractivity contribution is 5.78. The van der Waals surface area contributed by atoms with E-state index < -0.39 is 5.60 Å². The fourth-order valence-corrected chi connectivity index (χ4v) is 6.32. The van der Waals surface area contributed by atoms with Crippen molar-refractivity contribution < 1.29 is 9.50 Å². The molecule has 3 heterocycles. The van der Waals surface area contributed by atoms with Gasteiger partial charge in [0.1, 0.15) is 5.82 Å². The Balaban J connectivity index is 1.51. The summed E-state index contributed by atoms with van der Waals surface area (Å²) in [6, 6.07) is 14.8. The number of aromatic nitrogens is 4. The highest BCUT2D eigenvalue weighted by Crippen LogP contribution is 2.53. The molecule has 0 radical (unpaired) electrons. The molecule has 1 aromatic carbocycles. The fraction of sp³-hybridized carbons (Fsp3) is 0.393. The quantitative estimate of drug-likeness (QED) is 0.453. The molecule has 0 aliphatic heterocycles. The molecule has 5 nitrogen and oxygen atoms in total. The van der Waals surface area contributed by atoms with Crippen molar-refractivity contribution in [2.75, 3.05) is 0 Å². The van der Waals surface area contributed by atoms with Crippen LogP contribution in [0.25, 0.3) is 16.7 Å². The molecule has 1 fully saturated rings. The van der Waals surface area contributed by atoms with E-state index in [-0.39, 0.29) is 11.2 Å². The van der Waals surface area contributed by atoms with E-state index >= 15 is 0 Å². The van der Waals surface area contributed by atoms with Crippen molar-refractivity contribution in [3.05, 3.63) is 83.7 Å². The Morgan fingerprint density at radius 1 is 1.15 bits per heavy atom. The summed E-state index contributed by atoms with van der Waals surface area (Å²) in [5.74, 6) is 0.101. The van der Waals surface area contributed by atoms with Crippen molar-refractivity contribution in [1.82, 2.24) is 19.7 Å². The van der Waals surface area contributed by atoms with Crippen LogP contribution in [-0.4, -0.2) is 30.5 Å². The summed E-state index contributed by atoms with van der Waals surface area (Å²) in [7, 11) is 0. The van der Waals surface area contributed by atoms with Crippen LogP contribution in [0, 0.1) is 11.7 Å². The van der Waals surface area contributed by atoms with Gasteiger partial charge in [-0.25, -0.2) is 14.1 Å². The Kier molecular flexibility index (Phi) is 5.03. The number of hydrogen-bond donors (Lipinski definition) is 1. The smallest absolute Gasteiger partial charge is 0.163 e. The number of halogens is 1. The Bertz CT molecular complexity index is 1330. The van der Waals surface area contributed by atoms with E-state index in [1.54, 1.807) is 16.8 Å². The van der Waals surface area contributed by atoms with Crippen LogP contribution in [-0.2, 0) is 18.3 Å². The average Bonchev–Trinajstić information content (AvgIpc) is 3.18. The minimum atomic E-state index is -0.631. The molecule has 34 heavy (non-hydrogen) atoms. The second-order valence-electron chi connectivity index (χ2n) is 10.4. The first-order valence-electron chi connectivity index (χ1n) is 12.2. The minimum Gasteiger partial charge on any atom is -0.390 e. The molecule has 1 N–H and O–H groups in total. The molecule has 0 saturated heterocycles. The molecule has 6 rings (SSSR count). The minimum absolute atomic E-state index is 0.110. The first kappa shape index (κ1) is 21.4. The standard InChI is InChI=1S/C28H29FN4O/c1-27(34)12-13-28(17-22-6-2-3-14-30-22)20(16-27)5-4-7-25-24(28)15-19-18-31-33(26(19)32-25)23-10-8-21(29)9-11-23/h2-3,6,8-11,14-15,18,20,34H,4-5,7,12-13,16-17H2,1H3/t20-,27+,28-/m0/s1. The van der Waals surface area contributed by atoms with Gasteiger partial charge in [-0.1, -0.05) is 6.07 Å². The van der Waals surface area contributed by atoms with Crippen molar-refractivity contribution in [2.24, 2.45) is 5.92 Å². The molecule has 3 atom stereocenters. The Morgan fingerprint density at radius 3 is 2.79 bits per heavy atom. The Labute approximate surface area is 198 Å². The van der Waals surface area contributed by atoms with Crippen LogP contribution < -0.4 is 0 Å². The summed E-state index contributed by atoms with van der Waals surface area (Å²) in [5, 5.41) is 16.6. The van der Waals surface area contributed by atoms with Crippen molar-refractivity contribution in [3.8, 4) is 5.69 Å². The molecule has 0 unspecified atom stereocenters. The molecule has 3 aromatic heterocycles. The first-order valence-corrected chi connectivity index (χ1v) is 12.2. The van der Waals surface area contributed by atoms with Crippen LogP contribution in [0.1, 0.15) is 56.0 Å². The predicted octanol–water partition coefficient (Wildman–Crippen LogP) is 5.32. The lowest BCUT2D eigenvalue weighted by atomic mass is 9.57. The number of pyridine rings is 2. The zero-order valence-corrected chi connectivity index (χ0v) is 19.4. The topological polar surface area (TPSA) is 63.8 Å². The highest BCUT2D eigenvalue weighted by atomic mass is 19.1. The van der Waals surface area contributed by atoms with E-state index in [0.717, 1.165) is 73.1 Å². The lowest BCUT2D eigenvalue weighted by Gasteiger charge is -2.49. The molecule has 6 heteroatoms. The molecule has 0 spiro atoms. The van der Waals surface area contributed by atoms with E-state index in [1.165, 1.54) is 17.7 Å². The molecular weight excluding hydrogens is 427 g/mol. The second-order valence-corrected chi connectivity index (χ2v) is 10.4. The van der Waals surface area contributed by atoms with Crippen molar-refractivity contribution >= 4 is 11.0 Å². The van der Waals surface area contributed by atoms with Crippen LogP contribution in [0.2, 0.25) is 0 Å². The molecule has 2 aliphatic rings. The number of hydrogen-bond acceptors (Lipinski definition) is 4. The normalized spacial score (nSPS) is 26.6. The number of fused-ring (bicyclic) bond motifs is 4. The summed E-state index contributed by atoms with van der Waals surface area (Å²) in [4.78, 5) is 9.85. The maximum Gasteiger partial charge on any atom is 0.163 e. The van der Waals surface area contributed by atoms with Crippen LogP contribution >= 0.6 is 0 Å². The van der Waals surface area contributed by atoms with Crippen LogP contribution in [0.3, 0.4) is 0 Å². The number of nitrogens with zero attached hydrogens (tertiary/aromatic N) is 4. The SMILES string of the molecule is C[C@@]1(O)CC[C@@]2(Cc3ccccn3)c3cc4cnn(-c5ccc(F)cc5)c4nc3CCC[C@H]2C1. The van der Waals surface area contributed by atoms with Gasteiger partial charge in [0.15, 0.2) is 5.65 Å². The maximum atomic E-state index is 13.5. The molecule has 1 saturated carbocycles. The summed E-state index contributed by atoms with van der Waals surface area (Å²) in [5.41, 5.74) is 4.37. The largest absolute Gasteiger partial charge is 0.390 e. The molecular formula is C28H29FN4O. The van der Waals surface area contributed by atoms with Gasteiger partial charge in [0.2, 0.25) is 0 Å². The van der Waals surface area contributed by atoms with Crippen LogP contribution in [0.15, 0.2) is 60.9 Å². The van der Waals surface area contributed by atoms with Crippen LogP contribution in [0.4, 0.5) is 4.39 Å². The van der Waals surface area contributed by atoms with Gasteiger partial charge in [0.25, 0.3) is 0 Å². The number of rotatable bonds is 3. The van der Waals surface area contributed by atoms with E-state index in [2.05, 4.69) is 28.3 Å². The summed E-state index contributed by atoms with van der Waals surface area (Å²) >= 11 is 0. The van der Waals surface area contributed by atoms with Crippen molar-refractivity contribution in [1.29, 1.82) is 0 Å². The second kappa shape index (κ2) is 7.98. The number of benzene rings is 1. The van der Waals surface area contributed by atoms with Gasteiger partial charge in [-0.2, -0.15) is 5.10 Å². The summed E-state index contributed by atoms with van der Waals surface area (Å²) < 4.78 is 15.3. The van der Waals surface area contributed by atoms with Gasteiger partial charge in [0.05, 0.1) is 17.5 Å². The Morgan fingerprint density at radius 2 is 2.00 bits per heavy atom. The predicted molar refractivity (Wildman–Crippen MR) is 129 cm³/mol.